The van der Waals surface area contributed by atoms with Gasteiger partial charge in [0, 0.05) is 18.4 Å². The first-order valence-corrected chi connectivity index (χ1v) is 13.3. The van der Waals surface area contributed by atoms with Crippen molar-refractivity contribution in [3.05, 3.63) is 0 Å². The molecular formula is C27H45NO2. The van der Waals surface area contributed by atoms with Crippen LogP contribution in [0.15, 0.2) is 0 Å². The highest BCUT2D eigenvalue weighted by Crippen LogP contribution is 2.71. The SMILES string of the molecule is C[C@H]1CC[C@@]2(OC1)O[C@H]1C[C@H]3[C@@H]4CC[C@@H]5CC(N)CC[C@]5(C)[C@H]4CC[C@]3(C)[C@H]1[C@@H]2C. The summed E-state index contributed by atoms with van der Waals surface area (Å²) in [6.07, 6.45) is 13.7. The normalized spacial score (nSPS) is 62.5. The van der Waals surface area contributed by atoms with Crippen LogP contribution in [0.5, 0.6) is 0 Å². The molecule has 0 radical (unpaired) electrons. The average molecular weight is 416 g/mol. The summed E-state index contributed by atoms with van der Waals surface area (Å²) in [7, 11) is 0. The lowest BCUT2D eigenvalue weighted by Gasteiger charge is -2.61. The van der Waals surface area contributed by atoms with Crippen LogP contribution in [0.4, 0.5) is 0 Å². The molecule has 2 aliphatic heterocycles. The predicted octanol–water partition coefficient (Wildman–Crippen LogP) is 5.76. The molecule has 30 heavy (non-hydrogen) atoms. The summed E-state index contributed by atoms with van der Waals surface area (Å²) in [6, 6.07) is 0.461. The number of fused-ring (bicyclic) bond motifs is 7. The molecular weight excluding hydrogens is 370 g/mol. The molecule has 4 aliphatic carbocycles. The van der Waals surface area contributed by atoms with Gasteiger partial charge in [0.25, 0.3) is 0 Å². The van der Waals surface area contributed by atoms with E-state index in [2.05, 4.69) is 27.7 Å². The van der Waals surface area contributed by atoms with Crippen molar-refractivity contribution in [1.29, 1.82) is 0 Å². The van der Waals surface area contributed by atoms with Crippen LogP contribution in [-0.4, -0.2) is 24.5 Å². The Kier molecular flexibility index (Phi) is 4.58. The van der Waals surface area contributed by atoms with Gasteiger partial charge in [0.2, 0.25) is 0 Å². The Morgan fingerprint density at radius 1 is 0.833 bits per heavy atom. The van der Waals surface area contributed by atoms with Gasteiger partial charge in [-0.25, -0.2) is 0 Å². The van der Waals surface area contributed by atoms with Gasteiger partial charge in [-0.05, 0) is 104 Å². The van der Waals surface area contributed by atoms with Gasteiger partial charge in [0.1, 0.15) is 0 Å². The Bertz CT molecular complexity index is 686. The van der Waals surface area contributed by atoms with Gasteiger partial charge in [0.15, 0.2) is 5.79 Å². The Labute approximate surface area is 184 Å². The van der Waals surface area contributed by atoms with Crippen molar-refractivity contribution >= 4 is 0 Å². The molecule has 6 fully saturated rings. The van der Waals surface area contributed by atoms with Crippen LogP contribution < -0.4 is 5.73 Å². The number of ether oxygens (including phenoxy) is 2. The standard InChI is InChI=1S/C27H45NO2/c1-16-7-12-27(29-15-16)17(2)24-23(30-27)14-22-20-6-5-18-13-19(28)8-10-25(18,3)21(20)9-11-26(22,24)4/h16-24H,5-15,28H2,1-4H3/t16-,17-,18+,19?,20+,21-,22-,23-,24-,25-,26-,27+/m0/s1. The van der Waals surface area contributed by atoms with Gasteiger partial charge in [-0.15, -0.1) is 0 Å². The highest BCUT2D eigenvalue weighted by molar-refractivity contribution is 5.15. The van der Waals surface area contributed by atoms with E-state index in [1.54, 1.807) is 0 Å². The van der Waals surface area contributed by atoms with E-state index in [4.69, 9.17) is 15.2 Å². The first-order valence-electron chi connectivity index (χ1n) is 13.3. The summed E-state index contributed by atoms with van der Waals surface area (Å²) in [5.74, 6) is 5.25. The Balaban J connectivity index is 1.26. The lowest BCUT2D eigenvalue weighted by atomic mass is 9.44. The summed E-state index contributed by atoms with van der Waals surface area (Å²) in [5, 5.41) is 0. The van der Waals surface area contributed by atoms with Crippen LogP contribution >= 0.6 is 0 Å². The molecule has 4 saturated carbocycles. The lowest BCUT2D eigenvalue weighted by Crippen LogP contribution is -2.55. The second-order valence-corrected chi connectivity index (χ2v) is 13.2. The summed E-state index contributed by atoms with van der Waals surface area (Å²) in [5.41, 5.74) is 7.40. The van der Waals surface area contributed by atoms with Gasteiger partial charge in [-0.1, -0.05) is 27.7 Å². The molecule has 6 aliphatic rings. The average Bonchev–Trinajstić information content (AvgIpc) is 3.16. The lowest BCUT2D eigenvalue weighted by molar-refractivity contribution is -0.273. The molecule has 2 saturated heterocycles. The molecule has 12 atom stereocenters. The minimum Gasteiger partial charge on any atom is -0.349 e. The van der Waals surface area contributed by atoms with Gasteiger partial charge in [0.05, 0.1) is 12.7 Å². The zero-order valence-electron chi connectivity index (χ0n) is 19.9. The molecule has 2 heterocycles. The summed E-state index contributed by atoms with van der Waals surface area (Å²) in [4.78, 5) is 0. The maximum atomic E-state index is 6.92. The van der Waals surface area contributed by atoms with Crippen molar-refractivity contribution in [2.75, 3.05) is 6.61 Å². The Hall–Kier alpha value is -0.120. The third-order valence-corrected chi connectivity index (χ3v) is 12.0. The van der Waals surface area contributed by atoms with Crippen LogP contribution in [0.1, 0.15) is 91.9 Å². The summed E-state index contributed by atoms with van der Waals surface area (Å²) in [6.45, 7) is 11.0. The molecule has 3 heteroatoms. The zero-order chi connectivity index (χ0) is 20.9. The molecule has 0 bridgehead atoms. The Morgan fingerprint density at radius 3 is 2.40 bits per heavy atom. The van der Waals surface area contributed by atoms with E-state index in [9.17, 15) is 0 Å². The van der Waals surface area contributed by atoms with Crippen molar-refractivity contribution < 1.29 is 9.47 Å². The van der Waals surface area contributed by atoms with Crippen LogP contribution in [0, 0.1) is 52.3 Å². The van der Waals surface area contributed by atoms with Crippen molar-refractivity contribution in [3.8, 4) is 0 Å². The van der Waals surface area contributed by atoms with E-state index in [0.29, 0.717) is 40.7 Å². The quantitative estimate of drug-likeness (QED) is 0.547. The highest BCUT2D eigenvalue weighted by Gasteiger charge is 2.69. The summed E-state index contributed by atoms with van der Waals surface area (Å²) >= 11 is 0. The topological polar surface area (TPSA) is 44.5 Å². The van der Waals surface area contributed by atoms with Crippen molar-refractivity contribution in [2.24, 2.45) is 58.0 Å². The van der Waals surface area contributed by atoms with E-state index in [1.165, 1.54) is 57.8 Å². The van der Waals surface area contributed by atoms with Gasteiger partial charge < -0.3 is 15.2 Å². The monoisotopic (exact) mass is 415 g/mol. The first kappa shape index (κ1) is 20.5. The van der Waals surface area contributed by atoms with Gasteiger partial charge in [-0.2, -0.15) is 0 Å². The van der Waals surface area contributed by atoms with Crippen LogP contribution in [-0.2, 0) is 9.47 Å². The molecule has 0 aromatic carbocycles. The highest BCUT2D eigenvalue weighted by atomic mass is 16.7. The largest absolute Gasteiger partial charge is 0.349 e. The number of hydrogen-bond donors (Lipinski definition) is 1. The fourth-order valence-corrected chi connectivity index (χ4v) is 10.3. The molecule has 3 nitrogen and oxygen atoms in total. The van der Waals surface area contributed by atoms with Crippen molar-refractivity contribution in [2.45, 2.75) is 110 Å². The molecule has 1 unspecified atom stereocenters. The second kappa shape index (κ2) is 6.70. The van der Waals surface area contributed by atoms with E-state index < -0.39 is 0 Å². The molecule has 2 N–H and O–H groups in total. The van der Waals surface area contributed by atoms with Crippen LogP contribution in [0.25, 0.3) is 0 Å². The summed E-state index contributed by atoms with van der Waals surface area (Å²) < 4.78 is 13.4. The maximum Gasteiger partial charge on any atom is 0.171 e. The van der Waals surface area contributed by atoms with E-state index in [1.807, 2.05) is 0 Å². The second-order valence-electron chi connectivity index (χ2n) is 13.2. The van der Waals surface area contributed by atoms with E-state index in [0.717, 1.165) is 36.7 Å². The number of rotatable bonds is 0. The van der Waals surface area contributed by atoms with Crippen LogP contribution in [0.2, 0.25) is 0 Å². The molecule has 0 aromatic rings. The smallest absolute Gasteiger partial charge is 0.171 e. The number of hydrogen-bond acceptors (Lipinski definition) is 3. The minimum atomic E-state index is -0.268. The fraction of sp³-hybridized carbons (Fsp3) is 1.00. The molecule has 170 valence electrons. The minimum absolute atomic E-state index is 0.268. The molecule has 6 rings (SSSR count). The molecule has 0 amide bonds. The van der Waals surface area contributed by atoms with E-state index >= 15 is 0 Å². The third kappa shape index (κ3) is 2.61. The predicted molar refractivity (Wildman–Crippen MR) is 120 cm³/mol. The van der Waals surface area contributed by atoms with Crippen LogP contribution in [0.3, 0.4) is 0 Å². The van der Waals surface area contributed by atoms with Gasteiger partial charge in [-0.3, -0.25) is 0 Å². The number of nitrogens with two attached hydrogens (primary N) is 1. The molecule has 1 spiro atoms. The van der Waals surface area contributed by atoms with Crippen molar-refractivity contribution in [1.82, 2.24) is 0 Å². The fourth-order valence-electron chi connectivity index (χ4n) is 10.3. The maximum absolute atomic E-state index is 6.92. The van der Waals surface area contributed by atoms with Crippen molar-refractivity contribution in [3.63, 3.8) is 0 Å². The first-order chi connectivity index (χ1) is 14.3. The van der Waals surface area contributed by atoms with E-state index in [-0.39, 0.29) is 5.79 Å². The van der Waals surface area contributed by atoms with Gasteiger partial charge >= 0.3 is 0 Å². The third-order valence-electron chi connectivity index (χ3n) is 12.0. The molecule has 0 aromatic heterocycles. The zero-order valence-corrected chi connectivity index (χ0v) is 19.9. The Morgan fingerprint density at radius 2 is 1.63 bits per heavy atom.